The van der Waals surface area contributed by atoms with E-state index in [4.69, 9.17) is 0 Å². The number of rotatable bonds is 4. The number of hydrogen-bond acceptors (Lipinski definition) is 3. The first kappa shape index (κ1) is 15.9. The van der Waals surface area contributed by atoms with E-state index in [9.17, 15) is 17.6 Å². The standard InChI is InChI=1S/C14H14FN3O3S/c1-10-9-11(15)7-8-13(10)22(20,21)18-17-14(19)16-12-5-3-2-4-6-12/h2-9,18H,1H3,(H2,16,17,19). The van der Waals surface area contributed by atoms with Crippen molar-refractivity contribution in [2.45, 2.75) is 11.8 Å². The predicted octanol–water partition coefficient (Wildman–Crippen LogP) is 2.15. The molecule has 2 amide bonds. The molecule has 2 rings (SSSR count). The van der Waals surface area contributed by atoms with Crippen LogP contribution < -0.4 is 15.6 Å². The summed E-state index contributed by atoms with van der Waals surface area (Å²) in [5, 5.41) is 2.45. The van der Waals surface area contributed by atoms with Crippen LogP contribution >= 0.6 is 0 Å². The van der Waals surface area contributed by atoms with Crippen LogP contribution in [-0.2, 0) is 10.0 Å². The van der Waals surface area contributed by atoms with Crippen LogP contribution in [0.25, 0.3) is 0 Å². The van der Waals surface area contributed by atoms with Gasteiger partial charge in [0.2, 0.25) is 0 Å². The number of hydrogen-bond donors (Lipinski definition) is 3. The molecule has 0 aliphatic heterocycles. The first-order chi connectivity index (χ1) is 10.4. The normalized spacial score (nSPS) is 11.0. The molecule has 0 saturated carbocycles. The van der Waals surface area contributed by atoms with Gasteiger partial charge in [-0.15, -0.1) is 4.83 Å². The molecular weight excluding hydrogens is 309 g/mol. The average molecular weight is 323 g/mol. The van der Waals surface area contributed by atoms with Crippen LogP contribution in [0.5, 0.6) is 0 Å². The number of sulfonamides is 1. The second kappa shape index (κ2) is 6.54. The van der Waals surface area contributed by atoms with E-state index in [1.165, 1.54) is 6.92 Å². The molecule has 8 heteroatoms. The minimum Gasteiger partial charge on any atom is -0.307 e. The summed E-state index contributed by atoms with van der Waals surface area (Å²) in [4.78, 5) is 13.4. The Kier molecular flexibility index (Phi) is 4.74. The third kappa shape index (κ3) is 4.03. The maximum Gasteiger partial charge on any atom is 0.334 e. The number of urea groups is 1. The summed E-state index contributed by atoms with van der Waals surface area (Å²) in [5.41, 5.74) is 2.78. The number of anilines is 1. The van der Waals surface area contributed by atoms with Crippen LogP contribution in [0.3, 0.4) is 0 Å². The van der Waals surface area contributed by atoms with Crippen molar-refractivity contribution in [3.05, 3.63) is 59.9 Å². The third-order valence-electron chi connectivity index (χ3n) is 2.76. The van der Waals surface area contributed by atoms with E-state index in [0.717, 1.165) is 18.2 Å². The minimum absolute atomic E-state index is 0.117. The number of hydrazine groups is 1. The van der Waals surface area contributed by atoms with E-state index < -0.39 is 21.9 Å². The zero-order valence-corrected chi connectivity index (χ0v) is 12.4. The second-order valence-electron chi connectivity index (χ2n) is 4.46. The summed E-state index contributed by atoms with van der Waals surface area (Å²) in [6, 6.07) is 11.0. The van der Waals surface area contributed by atoms with E-state index >= 15 is 0 Å². The van der Waals surface area contributed by atoms with Crippen molar-refractivity contribution in [1.82, 2.24) is 10.3 Å². The van der Waals surface area contributed by atoms with Gasteiger partial charge >= 0.3 is 6.03 Å². The highest BCUT2D eigenvalue weighted by molar-refractivity contribution is 7.89. The zero-order chi connectivity index (χ0) is 16.2. The maximum atomic E-state index is 13.0. The van der Waals surface area contributed by atoms with E-state index in [0.29, 0.717) is 5.69 Å². The Morgan fingerprint density at radius 1 is 1.09 bits per heavy atom. The maximum absolute atomic E-state index is 13.0. The molecule has 0 aliphatic rings. The Morgan fingerprint density at radius 3 is 2.41 bits per heavy atom. The number of carbonyl (C=O) groups is 1. The summed E-state index contributed by atoms with van der Waals surface area (Å²) in [5.74, 6) is -0.536. The molecule has 0 aromatic heterocycles. The second-order valence-corrected chi connectivity index (χ2v) is 6.11. The highest BCUT2D eigenvalue weighted by Crippen LogP contribution is 2.15. The van der Waals surface area contributed by atoms with Gasteiger partial charge in [0, 0.05) is 5.69 Å². The quantitative estimate of drug-likeness (QED) is 0.753. The SMILES string of the molecule is Cc1cc(F)ccc1S(=O)(=O)NNC(=O)Nc1ccccc1. The summed E-state index contributed by atoms with van der Waals surface area (Å²) >= 11 is 0. The molecule has 0 bridgehead atoms. The summed E-state index contributed by atoms with van der Waals surface area (Å²) < 4.78 is 37.1. The highest BCUT2D eigenvalue weighted by Gasteiger charge is 2.17. The topological polar surface area (TPSA) is 87.3 Å². The van der Waals surface area contributed by atoms with Gasteiger partial charge in [0.25, 0.3) is 10.0 Å². The molecule has 0 saturated heterocycles. The fourth-order valence-corrected chi connectivity index (χ4v) is 2.83. The number of benzene rings is 2. The van der Waals surface area contributed by atoms with Crippen LogP contribution in [0.1, 0.15) is 5.56 Å². The minimum atomic E-state index is -3.98. The summed E-state index contributed by atoms with van der Waals surface area (Å²) in [7, 11) is -3.98. The lowest BCUT2D eigenvalue weighted by atomic mass is 10.2. The van der Waals surface area contributed by atoms with Gasteiger partial charge < -0.3 is 5.32 Å². The van der Waals surface area contributed by atoms with E-state index in [1.54, 1.807) is 30.3 Å². The number of nitrogens with one attached hydrogen (secondary N) is 3. The van der Waals surface area contributed by atoms with E-state index in [-0.39, 0.29) is 10.5 Å². The van der Waals surface area contributed by atoms with Gasteiger partial charge in [0.05, 0.1) is 4.90 Å². The number of amides is 2. The molecule has 0 fully saturated rings. The molecule has 116 valence electrons. The summed E-state index contributed by atoms with van der Waals surface area (Å²) in [6.07, 6.45) is 0. The molecule has 0 heterocycles. The van der Waals surface area contributed by atoms with Gasteiger partial charge in [-0.1, -0.05) is 18.2 Å². The van der Waals surface area contributed by atoms with Gasteiger partial charge in [-0.2, -0.15) is 0 Å². The molecule has 0 radical (unpaired) electrons. The summed E-state index contributed by atoms with van der Waals surface area (Å²) in [6.45, 7) is 1.46. The number of halogens is 1. The fraction of sp³-hybridized carbons (Fsp3) is 0.0714. The average Bonchev–Trinajstić information content (AvgIpc) is 2.46. The van der Waals surface area contributed by atoms with Crippen LogP contribution in [0.2, 0.25) is 0 Å². The van der Waals surface area contributed by atoms with Crippen molar-refractivity contribution < 1.29 is 17.6 Å². The lowest BCUT2D eigenvalue weighted by molar-refractivity contribution is 0.250. The molecule has 22 heavy (non-hydrogen) atoms. The first-order valence-electron chi connectivity index (χ1n) is 6.28. The highest BCUT2D eigenvalue weighted by atomic mass is 32.2. The molecule has 0 spiro atoms. The Labute approximate surface area is 127 Å². The predicted molar refractivity (Wildman–Crippen MR) is 80.1 cm³/mol. The van der Waals surface area contributed by atoms with Crippen molar-refractivity contribution in [2.75, 3.05) is 5.32 Å². The van der Waals surface area contributed by atoms with Crippen molar-refractivity contribution in [3.8, 4) is 0 Å². The van der Waals surface area contributed by atoms with Crippen molar-refractivity contribution in [3.63, 3.8) is 0 Å². The molecule has 6 nitrogen and oxygen atoms in total. The molecule has 2 aromatic carbocycles. The number of aryl methyl sites for hydroxylation is 1. The van der Waals surface area contributed by atoms with Crippen molar-refractivity contribution in [2.24, 2.45) is 0 Å². The molecule has 2 aromatic rings. The van der Waals surface area contributed by atoms with Crippen LogP contribution in [-0.4, -0.2) is 14.4 Å². The molecule has 3 N–H and O–H groups in total. The Morgan fingerprint density at radius 2 is 1.77 bits per heavy atom. The van der Waals surface area contributed by atoms with Crippen molar-refractivity contribution in [1.29, 1.82) is 0 Å². The molecule has 0 unspecified atom stereocenters. The van der Waals surface area contributed by atoms with Gasteiger partial charge in [-0.05, 0) is 42.8 Å². The Hall–Kier alpha value is -2.45. The van der Waals surface area contributed by atoms with Crippen LogP contribution in [0.15, 0.2) is 53.4 Å². The Bertz CT molecular complexity index is 779. The molecule has 0 atom stereocenters. The monoisotopic (exact) mass is 323 g/mol. The van der Waals surface area contributed by atoms with Gasteiger partial charge in [0.15, 0.2) is 0 Å². The first-order valence-corrected chi connectivity index (χ1v) is 7.77. The van der Waals surface area contributed by atoms with Gasteiger partial charge in [-0.25, -0.2) is 17.6 Å². The van der Waals surface area contributed by atoms with Crippen molar-refractivity contribution >= 4 is 21.7 Å². The zero-order valence-electron chi connectivity index (χ0n) is 11.6. The van der Waals surface area contributed by atoms with Crippen LogP contribution in [0, 0.1) is 12.7 Å². The number of para-hydroxylation sites is 1. The lowest BCUT2D eigenvalue weighted by Crippen LogP contribution is -2.43. The smallest absolute Gasteiger partial charge is 0.307 e. The van der Waals surface area contributed by atoms with Crippen LogP contribution in [0.4, 0.5) is 14.9 Å². The third-order valence-corrected chi connectivity index (χ3v) is 4.16. The Balaban J connectivity index is 2.02. The fourth-order valence-electron chi connectivity index (χ4n) is 1.77. The lowest BCUT2D eigenvalue weighted by Gasteiger charge is -2.11. The molecule has 0 aliphatic carbocycles. The van der Waals surface area contributed by atoms with Gasteiger partial charge in [0.1, 0.15) is 5.82 Å². The number of carbonyl (C=O) groups excluding carboxylic acids is 1. The van der Waals surface area contributed by atoms with Gasteiger partial charge in [-0.3, -0.25) is 5.43 Å². The largest absolute Gasteiger partial charge is 0.334 e. The van der Waals surface area contributed by atoms with E-state index in [1.807, 2.05) is 10.3 Å². The molecular formula is C14H14FN3O3S. The van der Waals surface area contributed by atoms with E-state index in [2.05, 4.69) is 5.32 Å².